The minimum absolute atomic E-state index is 0.263. The average Bonchev–Trinajstić information content (AvgIpc) is 2.36. The maximum atomic E-state index is 9.01. The Hall–Kier alpha value is -1.73. The minimum atomic E-state index is -0.699. The van der Waals surface area contributed by atoms with Crippen LogP contribution < -0.4 is 14.8 Å². The molecule has 1 aromatic carbocycles. The van der Waals surface area contributed by atoms with E-state index in [4.69, 9.17) is 14.7 Å². The van der Waals surface area contributed by atoms with Crippen LogP contribution in [0, 0.1) is 18.3 Å². The number of nitrogens with one attached hydrogen (secondary N) is 1. The Morgan fingerprint density at radius 3 is 2.65 bits per heavy atom. The fourth-order valence-electron chi connectivity index (χ4n) is 1.28. The van der Waals surface area contributed by atoms with E-state index in [1.165, 1.54) is 0 Å². The van der Waals surface area contributed by atoms with Gasteiger partial charge in [-0.15, -0.1) is 0 Å². The third-order valence-electron chi connectivity index (χ3n) is 2.63. The average molecular weight is 234 g/mol. The second-order valence-corrected chi connectivity index (χ2v) is 4.14. The summed E-state index contributed by atoms with van der Waals surface area (Å²) < 4.78 is 10.9. The predicted molar refractivity (Wildman–Crippen MR) is 66.3 cm³/mol. The van der Waals surface area contributed by atoms with Gasteiger partial charge >= 0.3 is 0 Å². The van der Waals surface area contributed by atoms with Gasteiger partial charge in [0, 0.05) is 0 Å². The minimum Gasteiger partial charge on any atom is -0.493 e. The largest absolute Gasteiger partial charge is 0.493 e. The Bertz CT molecular complexity index is 426. The normalized spacial score (nSPS) is 13.6. The Kier molecular flexibility index (Phi) is 4.36. The Morgan fingerprint density at radius 2 is 2.12 bits per heavy atom. The van der Waals surface area contributed by atoms with Crippen molar-refractivity contribution < 1.29 is 9.47 Å². The van der Waals surface area contributed by atoms with Gasteiger partial charge in [0.25, 0.3) is 0 Å². The van der Waals surface area contributed by atoms with E-state index < -0.39 is 5.54 Å². The van der Waals surface area contributed by atoms with Crippen molar-refractivity contribution in [2.75, 3.05) is 20.8 Å². The monoisotopic (exact) mass is 234 g/mol. The number of likely N-dealkylation sites (N-methyl/N-ethyl adjacent to an activating group) is 1. The number of nitrogens with zero attached hydrogens (tertiary/aromatic N) is 1. The molecular weight excluding hydrogens is 216 g/mol. The first kappa shape index (κ1) is 13.3. The molecule has 0 amide bonds. The molecular formula is C13H18N2O2. The van der Waals surface area contributed by atoms with Crippen molar-refractivity contribution in [3.8, 4) is 17.6 Å². The fourth-order valence-corrected chi connectivity index (χ4v) is 1.28. The molecule has 1 atom stereocenters. The van der Waals surface area contributed by atoms with Crippen LogP contribution in [-0.2, 0) is 0 Å². The molecule has 1 unspecified atom stereocenters. The van der Waals surface area contributed by atoms with Gasteiger partial charge in [-0.3, -0.25) is 5.32 Å². The van der Waals surface area contributed by atoms with Gasteiger partial charge in [-0.05, 0) is 38.6 Å². The molecule has 0 bridgehead atoms. The van der Waals surface area contributed by atoms with E-state index >= 15 is 0 Å². The molecule has 0 aliphatic rings. The zero-order chi connectivity index (χ0) is 12.9. The molecule has 1 rings (SSSR count). The molecule has 1 N–H and O–H groups in total. The quantitative estimate of drug-likeness (QED) is 0.845. The van der Waals surface area contributed by atoms with Crippen molar-refractivity contribution in [2.45, 2.75) is 19.4 Å². The summed E-state index contributed by atoms with van der Waals surface area (Å²) in [5.74, 6) is 1.33. The van der Waals surface area contributed by atoms with Crippen LogP contribution in [0.1, 0.15) is 12.5 Å². The molecule has 0 spiro atoms. The zero-order valence-corrected chi connectivity index (χ0v) is 10.7. The van der Waals surface area contributed by atoms with Gasteiger partial charge in [0.05, 0.1) is 13.2 Å². The maximum Gasteiger partial charge on any atom is 0.161 e. The van der Waals surface area contributed by atoms with Gasteiger partial charge in [-0.1, -0.05) is 6.07 Å². The number of hydrogen-bond acceptors (Lipinski definition) is 4. The van der Waals surface area contributed by atoms with Crippen LogP contribution in [0.15, 0.2) is 18.2 Å². The summed E-state index contributed by atoms with van der Waals surface area (Å²) in [6.45, 7) is 4.03. The molecule has 1 aromatic rings. The topological polar surface area (TPSA) is 54.3 Å². The van der Waals surface area contributed by atoms with Crippen LogP contribution in [0.5, 0.6) is 11.5 Å². The van der Waals surface area contributed by atoms with Crippen LogP contribution in [0.2, 0.25) is 0 Å². The van der Waals surface area contributed by atoms with E-state index in [1.807, 2.05) is 25.1 Å². The van der Waals surface area contributed by atoms with Crippen LogP contribution in [0.4, 0.5) is 0 Å². The van der Waals surface area contributed by atoms with Crippen molar-refractivity contribution >= 4 is 0 Å². The highest BCUT2D eigenvalue weighted by Gasteiger charge is 2.22. The van der Waals surface area contributed by atoms with Gasteiger partial charge in [0.2, 0.25) is 0 Å². The first-order chi connectivity index (χ1) is 8.04. The van der Waals surface area contributed by atoms with Gasteiger partial charge in [0.15, 0.2) is 11.5 Å². The Balaban J connectivity index is 2.79. The van der Waals surface area contributed by atoms with E-state index in [1.54, 1.807) is 21.1 Å². The number of rotatable bonds is 5. The number of hydrogen-bond donors (Lipinski definition) is 1. The molecule has 0 fully saturated rings. The van der Waals surface area contributed by atoms with Crippen molar-refractivity contribution in [1.82, 2.24) is 5.32 Å². The first-order valence-corrected chi connectivity index (χ1v) is 5.42. The second-order valence-electron chi connectivity index (χ2n) is 4.14. The molecule has 0 aromatic heterocycles. The van der Waals surface area contributed by atoms with Crippen molar-refractivity contribution in [2.24, 2.45) is 0 Å². The predicted octanol–water partition coefficient (Wildman–Crippen LogP) is 1.88. The Morgan fingerprint density at radius 1 is 1.41 bits per heavy atom. The summed E-state index contributed by atoms with van der Waals surface area (Å²) in [5.41, 5.74) is 0.404. The summed E-state index contributed by atoms with van der Waals surface area (Å²) in [5, 5.41) is 11.9. The summed E-state index contributed by atoms with van der Waals surface area (Å²) in [6.07, 6.45) is 0. The zero-order valence-electron chi connectivity index (χ0n) is 10.7. The maximum absolute atomic E-state index is 9.01. The third kappa shape index (κ3) is 3.36. The van der Waals surface area contributed by atoms with Crippen molar-refractivity contribution in [3.05, 3.63) is 23.8 Å². The molecule has 0 saturated carbocycles. The molecule has 4 nitrogen and oxygen atoms in total. The van der Waals surface area contributed by atoms with Gasteiger partial charge in [-0.25, -0.2) is 0 Å². The van der Waals surface area contributed by atoms with E-state index in [9.17, 15) is 0 Å². The van der Waals surface area contributed by atoms with E-state index in [2.05, 4.69) is 11.4 Å². The molecule has 0 radical (unpaired) electrons. The first-order valence-electron chi connectivity index (χ1n) is 5.42. The van der Waals surface area contributed by atoms with Crippen molar-refractivity contribution in [1.29, 1.82) is 5.26 Å². The van der Waals surface area contributed by atoms with Gasteiger partial charge in [0.1, 0.15) is 12.1 Å². The second kappa shape index (κ2) is 5.55. The molecule has 0 aliphatic heterocycles. The molecule has 0 heterocycles. The molecule has 0 aliphatic carbocycles. The molecule has 92 valence electrons. The fraction of sp³-hybridized carbons (Fsp3) is 0.462. The smallest absolute Gasteiger partial charge is 0.161 e. The van der Waals surface area contributed by atoms with Crippen LogP contribution >= 0.6 is 0 Å². The lowest BCUT2D eigenvalue weighted by Crippen LogP contribution is -2.43. The summed E-state index contributed by atoms with van der Waals surface area (Å²) in [4.78, 5) is 0. The number of aryl methyl sites for hydroxylation is 1. The van der Waals surface area contributed by atoms with Crippen LogP contribution in [0.25, 0.3) is 0 Å². The highest BCUT2D eigenvalue weighted by Crippen LogP contribution is 2.28. The van der Waals surface area contributed by atoms with Crippen LogP contribution in [0.3, 0.4) is 0 Å². The van der Waals surface area contributed by atoms with Crippen molar-refractivity contribution in [3.63, 3.8) is 0 Å². The van der Waals surface area contributed by atoms with E-state index in [0.717, 1.165) is 5.56 Å². The SMILES string of the molecule is CNC(C)(C#N)COc1ccc(C)cc1OC. The molecule has 17 heavy (non-hydrogen) atoms. The lowest BCUT2D eigenvalue weighted by atomic mass is 10.1. The number of ether oxygens (including phenoxy) is 2. The van der Waals surface area contributed by atoms with E-state index in [0.29, 0.717) is 11.5 Å². The summed E-state index contributed by atoms with van der Waals surface area (Å²) in [6, 6.07) is 7.87. The highest BCUT2D eigenvalue weighted by atomic mass is 16.5. The van der Waals surface area contributed by atoms with Crippen LogP contribution in [-0.4, -0.2) is 26.3 Å². The lowest BCUT2D eigenvalue weighted by molar-refractivity contribution is 0.232. The number of nitriles is 1. The van der Waals surface area contributed by atoms with E-state index in [-0.39, 0.29) is 6.61 Å². The third-order valence-corrected chi connectivity index (χ3v) is 2.63. The molecule has 0 saturated heterocycles. The standard InChI is InChI=1S/C13H18N2O2/c1-10-5-6-11(12(7-10)16-4)17-9-13(2,8-14)15-3/h5-7,15H,9H2,1-4H3. The number of benzene rings is 1. The Labute approximate surface area is 102 Å². The van der Waals surface area contributed by atoms with Gasteiger partial charge < -0.3 is 9.47 Å². The highest BCUT2D eigenvalue weighted by molar-refractivity contribution is 5.42. The molecule has 4 heteroatoms. The summed E-state index contributed by atoms with van der Waals surface area (Å²) >= 11 is 0. The number of methoxy groups -OCH3 is 1. The summed E-state index contributed by atoms with van der Waals surface area (Å²) in [7, 11) is 3.34. The van der Waals surface area contributed by atoms with Gasteiger partial charge in [-0.2, -0.15) is 5.26 Å². The lowest BCUT2D eigenvalue weighted by Gasteiger charge is -2.21.